The fourth-order valence-corrected chi connectivity index (χ4v) is 4.87. The minimum absolute atomic E-state index is 0.119. The Morgan fingerprint density at radius 2 is 1.97 bits per heavy atom. The molecule has 6 nitrogen and oxygen atoms in total. The number of benzene rings is 1. The number of aromatic nitrogens is 1. The van der Waals surface area contributed by atoms with E-state index in [4.69, 9.17) is 22.3 Å². The van der Waals surface area contributed by atoms with E-state index in [2.05, 4.69) is 33.2 Å². The molecule has 0 bridgehead atoms. The van der Waals surface area contributed by atoms with Crippen LogP contribution in [0.5, 0.6) is 0 Å². The van der Waals surface area contributed by atoms with Crippen LogP contribution in [0.1, 0.15) is 37.3 Å². The maximum atomic E-state index is 14.2. The van der Waals surface area contributed by atoms with Crippen molar-refractivity contribution in [1.82, 2.24) is 14.8 Å². The Balaban J connectivity index is 1.62. The highest BCUT2D eigenvalue weighted by atomic mass is 35.5. The number of rotatable bonds is 5. The number of nitrogens with zero attached hydrogens (tertiary/aromatic N) is 5. The lowest BCUT2D eigenvalue weighted by Crippen LogP contribution is -2.54. The van der Waals surface area contributed by atoms with Gasteiger partial charge < -0.3 is 20.4 Å². The summed E-state index contributed by atoms with van der Waals surface area (Å²) in [6, 6.07) is 8.87. The molecule has 2 aliphatic rings. The molecule has 186 valence electrons. The average Bonchev–Trinajstić information content (AvgIpc) is 2.86. The standard InChI is InChI=1S/C27H34ClFN6/c1-19-9-10-22(16-24(19)29)25(30)17-26(32-21(3)33-12-5-4-6-13-33)35-15-14-34(18-20(35)2)27-23(28)8-7-11-31-27/h7-11,16-17,20H,3-6,12-15,18,30H2,1-2H3/b25-17-,32-26+/t20-/m1/s1. The quantitative estimate of drug-likeness (QED) is 0.463. The van der Waals surface area contributed by atoms with Gasteiger partial charge in [-0.25, -0.2) is 14.4 Å². The monoisotopic (exact) mass is 496 g/mol. The highest BCUT2D eigenvalue weighted by Crippen LogP contribution is 2.26. The van der Waals surface area contributed by atoms with Gasteiger partial charge in [-0.15, -0.1) is 0 Å². The summed E-state index contributed by atoms with van der Waals surface area (Å²) in [5.74, 6) is 1.99. The maximum absolute atomic E-state index is 14.2. The summed E-state index contributed by atoms with van der Waals surface area (Å²) in [7, 11) is 0. The maximum Gasteiger partial charge on any atom is 0.147 e. The Morgan fingerprint density at radius 3 is 2.66 bits per heavy atom. The summed E-state index contributed by atoms with van der Waals surface area (Å²) < 4.78 is 14.2. The molecule has 0 aliphatic carbocycles. The summed E-state index contributed by atoms with van der Waals surface area (Å²) in [5, 5.41) is 0.644. The van der Waals surface area contributed by atoms with Crippen LogP contribution in [0.2, 0.25) is 5.02 Å². The molecule has 4 rings (SSSR count). The number of hydrogen-bond acceptors (Lipinski definition) is 5. The van der Waals surface area contributed by atoms with Crippen molar-refractivity contribution < 1.29 is 4.39 Å². The van der Waals surface area contributed by atoms with Crippen molar-refractivity contribution in [3.05, 3.63) is 77.0 Å². The van der Waals surface area contributed by atoms with Crippen molar-refractivity contribution in [1.29, 1.82) is 0 Å². The molecule has 2 N–H and O–H groups in total. The third-order valence-electron chi connectivity index (χ3n) is 6.71. The highest BCUT2D eigenvalue weighted by Gasteiger charge is 2.28. The second kappa shape index (κ2) is 11.1. The van der Waals surface area contributed by atoms with Crippen LogP contribution in [0.15, 0.2) is 60.0 Å². The van der Waals surface area contributed by atoms with E-state index < -0.39 is 0 Å². The summed E-state index contributed by atoms with van der Waals surface area (Å²) in [6.45, 7) is 12.3. The van der Waals surface area contributed by atoms with Gasteiger partial charge in [-0.05, 0) is 56.9 Å². The lowest BCUT2D eigenvalue weighted by molar-refractivity contribution is 0.277. The molecule has 1 aromatic heterocycles. The number of nitrogens with two attached hydrogens (primary N) is 1. The number of amidine groups is 1. The molecule has 3 heterocycles. The molecule has 0 spiro atoms. The van der Waals surface area contributed by atoms with Gasteiger partial charge in [0.25, 0.3) is 0 Å². The van der Waals surface area contributed by atoms with Crippen LogP contribution in [-0.4, -0.2) is 59.4 Å². The van der Waals surface area contributed by atoms with Crippen molar-refractivity contribution in [3.63, 3.8) is 0 Å². The minimum Gasteiger partial charge on any atom is -0.398 e. The van der Waals surface area contributed by atoms with E-state index in [0.29, 0.717) is 28.4 Å². The number of aryl methyl sites for hydroxylation is 1. The van der Waals surface area contributed by atoms with Gasteiger partial charge in [-0.1, -0.05) is 30.3 Å². The van der Waals surface area contributed by atoms with Crippen molar-refractivity contribution in [3.8, 4) is 0 Å². The number of hydrogen-bond donors (Lipinski definition) is 1. The molecule has 0 unspecified atom stereocenters. The largest absolute Gasteiger partial charge is 0.398 e. The van der Waals surface area contributed by atoms with E-state index >= 15 is 0 Å². The highest BCUT2D eigenvalue weighted by molar-refractivity contribution is 6.32. The Bertz CT molecular complexity index is 1120. The van der Waals surface area contributed by atoms with Crippen LogP contribution < -0.4 is 10.6 Å². The number of piperidine rings is 1. The molecule has 8 heteroatoms. The van der Waals surface area contributed by atoms with Gasteiger partial charge in [0.15, 0.2) is 0 Å². The first-order valence-corrected chi connectivity index (χ1v) is 12.6. The first-order valence-electron chi connectivity index (χ1n) is 12.2. The van der Waals surface area contributed by atoms with Gasteiger partial charge >= 0.3 is 0 Å². The van der Waals surface area contributed by atoms with Crippen LogP contribution in [0.4, 0.5) is 10.2 Å². The van der Waals surface area contributed by atoms with Crippen LogP contribution in [0.3, 0.4) is 0 Å². The Hall–Kier alpha value is -3.06. The summed E-state index contributed by atoms with van der Waals surface area (Å²) in [4.78, 5) is 16.1. The predicted molar refractivity (Wildman–Crippen MR) is 143 cm³/mol. The molecule has 2 saturated heterocycles. The third-order valence-corrected chi connectivity index (χ3v) is 7.01. The summed E-state index contributed by atoms with van der Waals surface area (Å²) in [6.07, 6.45) is 7.13. The summed E-state index contributed by atoms with van der Waals surface area (Å²) >= 11 is 6.40. The van der Waals surface area contributed by atoms with Gasteiger partial charge in [0.05, 0.1) is 5.02 Å². The zero-order chi connectivity index (χ0) is 24.9. The first-order chi connectivity index (χ1) is 16.8. The zero-order valence-corrected chi connectivity index (χ0v) is 21.3. The molecule has 1 aromatic carbocycles. The number of halogens is 2. The molecule has 0 amide bonds. The molecule has 0 saturated carbocycles. The van der Waals surface area contributed by atoms with Crippen molar-refractivity contribution >= 4 is 29.0 Å². The van der Waals surface area contributed by atoms with Gasteiger partial charge in [0.1, 0.15) is 23.3 Å². The molecular formula is C27H34ClFN6. The SMILES string of the molecule is C=C(/N=C(\C=C(/N)c1ccc(C)c(F)c1)N1CCN(c2ncccc2Cl)C[C@H]1C)N1CCCCC1. The fraction of sp³-hybridized carbons (Fsp3) is 0.407. The van der Waals surface area contributed by atoms with E-state index in [9.17, 15) is 4.39 Å². The van der Waals surface area contributed by atoms with Gasteiger partial charge in [0, 0.05) is 62.3 Å². The topological polar surface area (TPSA) is 61.0 Å². The molecule has 2 fully saturated rings. The number of anilines is 1. The molecule has 2 aliphatic heterocycles. The Kier molecular flexibility index (Phi) is 7.96. The zero-order valence-electron chi connectivity index (χ0n) is 20.6. The van der Waals surface area contributed by atoms with E-state index in [1.54, 1.807) is 19.2 Å². The van der Waals surface area contributed by atoms with E-state index in [0.717, 1.165) is 56.5 Å². The smallest absolute Gasteiger partial charge is 0.147 e. The van der Waals surface area contributed by atoms with Gasteiger partial charge in [-0.2, -0.15) is 0 Å². The second-order valence-corrected chi connectivity index (χ2v) is 9.70. The fourth-order valence-electron chi connectivity index (χ4n) is 4.63. The second-order valence-electron chi connectivity index (χ2n) is 9.29. The van der Waals surface area contributed by atoms with Gasteiger partial charge in [-0.3, -0.25) is 0 Å². The van der Waals surface area contributed by atoms with E-state index in [1.807, 2.05) is 24.3 Å². The molecule has 1 atom stereocenters. The number of piperazine rings is 1. The average molecular weight is 497 g/mol. The molecule has 35 heavy (non-hydrogen) atoms. The van der Waals surface area contributed by atoms with E-state index in [1.165, 1.54) is 12.5 Å². The molecule has 2 aromatic rings. The molecule has 0 radical (unpaired) electrons. The van der Waals surface area contributed by atoms with Crippen molar-refractivity contribution in [2.24, 2.45) is 10.7 Å². The van der Waals surface area contributed by atoms with Crippen molar-refractivity contribution in [2.45, 2.75) is 39.2 Å². The van der Waals surface area contributed by atoms with Gasteiger partial charge in [0.2, 0.25) is 0 Å². The first kappa shape index (κ1) is 25.0. The van der Waals surface area contributed by atoms with E-state index in [-0.39, 0.29) is 11.9 Å². The number of likely N-dealkylation sites (tertiary alicyclic amines) is 1. The third kappa shape index (κ3) is 5.96. The normalized spacial score (nSPS) is 19.8. The lowest BCUT2D eigenvalue weighted by Gasteiger charge is -2.42. The predicted octanol–water partition coefficient (Wildman–Crippen LogP) is 5.05. The number of aliphatic imine (C=N–C) groups is 1. The van der Waals surface area contributed by atoms with Crippen LogP contribution in [0, 0.1) is 12.7 Å². The lowest BCUT2D eigenvalue weighted by atomic mass is 10.1. The Labute approximate surface area is 212 Å². The van der Waals surface area contributed by atoms with Crippen LogP contribution in [-0.2, 0) is 0 Å². The Morgan fingerprint density at radius 1 is 1.20 bits per heavy atom. The van der Waals surface area contributed by atoms with Crippen molar-refractivity contribution in [2.75, 3.05) is 37.6 Å². The van der Waals surface area contributed by atoms with Crippen LogP contribution >= 0.6 is 11.6 Å². The minimum atomic E-state index is -0.274. The van der Waals surface area contributed by atoms with Crippen LogP contribution in [0.25, 0.3) is 5.70 Å². The number of pyridine rings is 1. The molecular weight excluding hydrogens is 463 g/mol. The summed E-state index contributed by atoms with van der Waals surface area (Å²) in [5.41, 5.74) is 8.16.